The van der Waals surface area contributed by atoms with E-state index in [1.807, 2.05) is 25.7 Å². The third-order valence-electron chi connectivity index (χ3n) is 4.61. The summed E-state index contributed by atoms with van der Waals surface area (Å²) in [4.78, 5) is 14.1. The van der Waals surface area contributed by atoms with Gasteiger partial charge in [-0.05, 0) is 44.7 Å². The van der Waals surface area contributed by atoms with Gasteiger partial charge in [-0.15, -0.1) is 0 Å². The number of carbonyl (C=O) groups is 1. The molecule has 3 atom stereocenters. The molecule has 1 rings (SSSR count). The van der Waals surface area contributed by atoms with Gasteiger partial charge in [0.15, 0.2) is 0 Å². The minimum absolute atomic E-state index is 0.175. The van der Waals surface area contributed by atoms with Gasteiger partial charge >= 0.3 is 5.97 Å². The predicted molar refractivity (Wildman–Crippen MR) is 80.5 cm³/mol. The number of nitrogens with zero attached hydrogens (tertiary/aromatic N) is 1. The van der Waals surface area contributed by atoms with E-state index in [4.69, 9.17) is 4.74 Å². The molecule has 118 valence electrons. The second kappa shape index (κ2) is 7.41. The Morgan fingerprint density at radius 3 is 2.45 bits per heavy atom. The first-order valence-corrected chi connectivity index (χ1v) is 7.93. The molecule has 0 aromatic carbocycles. The number of rotatable bonds is 6. The average molecular weight is 285 g/mol. The zero-order valence-electron chi connectivity index (χ0n) is 13.7. The molecule has 0 unspecified atom stereocenters. The lowest BCUT2D eigenvalue weighted by molar-refractivity contribution is -0.169. The molecule has 1 fully saturated rings. The number of ether oxygens (including phenoxy) is 1. The van der Waals surface area contributed by atoms with Gasteiger partial charge in [-0.25, -0.2) is 0 Å². The molecule has 0 heterocycles. The van der Waals surface area contributed by atoms with E-state index in [1.165, 1.54) is 0 Å². The fourth-order valence-electron chi connectivity index (χ4n) is 3.17. The van der Waals surface area contributed by atoms with E-state index in [0.717, 1.165) is 25.9 Å². The predicted octanol–water partition coefficient (Wildman–Crippen LogP) is 2.45. The Morgan fingerprint density at radius 2 is 2.00 bits per heavy atom. The van der Waals surface area contributed by atoms with Crippen molar-refractivity contribution >= 4 is 5.97 Å². The zero-order chi connectivity index (χ0) is 15.3. The SMILES string of the molecule is CCN(CC)CC(=O)O[C@]1(C)CC[C@@H](C(C)C)[C@H](O)C1. The summed E-state index contributed by atoms with van der Waals surface area (Å²) in [7, 11) is 0. The highest BCUT2D eigenvalue weighted by Gasteiger charge is 2.40. The second-order valence-corrected chi connectivity index (χ2v) is 6.60. The lowest BCUT2D eigenvalue weighted by atomic mass is 9.73. The molecule has 0 aromatic rings. The van der Waals surface area contributed by atoms with Crippen molar-refractivity contribution < 1.29 is 14.6 Å². The fourth-order valence-corrected chi connectivity index (χ4v) is 3.17. The minimum atomic E-state index is -0.505. The maximum Gasteiger partial charge on any atom is 0.320 e. The maximum absolute atomic E-state index is 12.0. The maximum atomic E-state index is 12.0. The van der Waals surface area contributed by atoms with Crippen molar-refractivity contribution in [2.45, 2.75) is 65.6 Å². The summed E-state index contributed by atoms with van der Waals surface area (Å²) in [5.74, 6) is 0.622. The van der Waals surface area contributed by atoms with Crippen molar-refractivity contribution in [3.05, 3.63) is 0 Å². The smallest absolute Gasteiger partial charge is 0.320 e. The number of carbonyl (C=O) groups excluding carboxylic acids is 1. The van der Waals surface area contributed by atoms with Gasteiger partial charge in [0, 0.05) is 6.42 Å². The van der Waals surface area contributed by atoms with Gasteiger partial charge in [0.05, 0.1) is 12.6 Å². The van der Waals surface area contributed by atoms with Crippen molar-refractivity contribution in [3.8, 4) is 0 Å². The third-order valence-corrected chi connectivity index (χ3v) is 4.61. The van der Waals surface area contributed by atoms with Crippen LogP contribution in [0.15, 0.2) is 0 Å². The van der Waals surface area contributed by atoms with Crippen molar-refractivity contribution in [3.63, 3.8) is 0 Å². The molecule has 0 bridgehead atoms. The van der Waals surface area contributed by atoms with Crippen molar-refractivity contribution in [2.75, 3.05) is 19.6 Å². The molecule has 20 heavy (non-hydrogen) atoms. The Hall–Kier alpha value is -0.610. The zero-order valence-corrected chi connectivity index (χ0v) is 13.7. The highest BCUT2D eigenvalue weighted by Crippen LogP contribution is 2.38. The molecule has 4 heteroatoms. The average Bonchev–Trinajstić information content (AvgIpc) is 2.34. The Kier molecular flexibility index (Phi) is 6.46. The number of hydrogen-bond donors (Lipinski definition) is 1. The lowest BCUT2D eigenvalue weighted by Crippen LogP contribution is -2.46. The molecular weight excluding hydrogens is 254 g/mol. The molecule has 0 spiro atoms. The van der Waals surface area contributed by atoms with E-state index >= 15 is 0 Å². The molecular formula is C16H31NO3. The van der Waals surface area contributed by atoms with Crippen LogP contribution in [0.1, 0.15) is 53.9 Å². The highest BCUT2D eigenvalue weighted by molar-refractivity contribution is 5.72. The molecule has 0 radical (unpaired) electrons. The van der Waals surface area contributed by atoms with Crippen LogP contribution in [0.5, 0.6) is 0 Å². The molecule has 1 N–H and O–H groups in total. The van der Waals surface area contributed by atoms with Gasteiger partial charge in [-0.2, -0.15) is 0 Å². The number of likely N-dealkylation sites (N-methyl/N-ethyl adjacent to an activating group) is 1. The van der Waals surface area contributed by atoms with E-state index in [1.54, 1.807) is 0 Å². The van der Waals surface area contributed by atoms with E-state index in [0.29, 0.717) is 24.8 Å². The highest BCUT2D eigenvalue weighted by atomic mass is 16.6. The molecule has 0 aromatic heterocycles. The van der Waals surface area contributed by atoms with Gasteiger partial charge in [0.25, 0.3) is 0 Å². The summed E-state index contributed by atoms with van der Waals surface area (Å²) < 4.78 is 5.67. The summed E-state index contributed by atoms with van der Waals surface area (Å²) >= 11 is 0. The number of hydrogen-bond acceptors (Lipinski definition) is 4. The summed E-state index contributed by atoms with van der Waals surface area (Å²) in [6.07, 6.45) is 1.96. The van der Waals surface area contributed by atoms with E-state index < -0.39 is 5.60 Å². The van der Waals surface area contributed by atoms with Crippen LogP contribution < -0.4 is 0 Å². The van der Waals surface area contributed by atoms with Gasteiger partial charge < -0.3 is 9.84 Å². The number of aliphatic hydroxyl groups is 1. The normalized spacial score (nSPS) is 30.8. The quantitative estimate of drug-likeness (QED) is 0.762. The largest absolute Gasteiger partial charge is 0.458 e. The van der Waals surface area contributed by atoms with Crippen molar-refractivity contribution in [2.24, 2.45) is 11.8 Å². The fraction of sp³-hybridized carbons (Fsp3) is 0.938. The molecule has 0 amide bonds. The van der Waals surface area contributed by atoms with E-state index in [9.17, 15) is 9.90 Å². The van der Waals surface area contributed by atoms with Gasteiger partial charge in [-0.1, -0.05) is 27.7 Å². The number of esters is 1. The molecule has 0 aliphatic heterocycles. The Labute approximate surface area is 123 Å². The van der Waals surface area contributed by atoms with Crippen LogP contribution in [0.3, 0.4) is 0 Å². The van der Waals surface area contributed by atoms with Crippen molar-refractivity contribution in [1.29, 1.82) is 0 Å². The van der Waals surface area contributed by atoms with Gasteiger partial charge in [0.1, 0.15) is 5.60 Å². The van der Waals surface area contributed by atoms with Crippen LogP contribution in [0.25, 0.3) is 0 Å². The van der Waals surface area contributed by atoms with Crippen molar-refractivity contribution in [1.82, 2.24) is 4.90 Å². The Morgan fingerprint density at radius 1 is 1.40 bits per heavy atom. The van der Waals surface area contributed by atoms with Crippen LogP contribution in [0.2, 0.25) is 0 Å². The first-order valence-electron chi connectivity index (χ1n) is 7.93. The van der Waals surface area contributed by atoms with E-state index in [-0.39, 0.29) is 12.1 Å². The lowest BCUT2D eigenvalue weighted by Gasteiger charge is -2.41. The minimum Gasteiger partial charge on any atom is -0.458 e. The standard InChI is InChI=1S/C16H31NO3/c1-6-17(7-2)11-15(19)20-16(5)9-8-13(12(3)4)14(18)10-16/h12-14,18H,6-11H2,1-5H3/t13-,14+,16+/m0/s1. The Bertz CT molecular complexity index is 315. The second-order valence-electron chi connectivity index (χ2n) is 6.60. The van der Waals surface area contributed by atoms with Crippen LogP contribution in [0.4, 0.5) is 0 Å². The molecule has 1 aliphatic carbocycles. The molecule has 1 aliphatic rings. The van der Waals surface area contributed by atoms with Crippen LogP contribution in [-0.2, 0) is 9.53 Å². The Balaban J connectivity index is 2.53. The van der Waals surface area contributed by atoms with Crippen LogP contribution in [0, 0.1) is 11.8 Å². The van der Waals surface area contributed by atoms with Crippen LogP contribution in [-0.4, -0.2) is 47.3 Å². The summed E-state index contributed by atoms with van der Waals surface area (Å²) in [6, 6.07) is 0. The monoisotopic (exact) mass is 285 g/mol. The van der Waals surface area contributed by atoms with Gasteiger partial charge in [-0.3, -0.25) is 9.69 Å². The molecule has 1 saturated carbocycles. The first-order chi connectivity index (χ1) is 9.31. The van der Waals surface area contributed by atoms with Gasteiger partial charge in [0.2, 0.25) is 0 Å². The summed E-state index contributed by atoms with van der Waals surface area (Å²) in [6.45, 7) is 12.3. The molecule has 4 nitrogen and oxygen atoms in total. The third kappa shape index (κ3) is 4.74. The molecule has 0 saturated heterocycles. The summed E-state index contributed by atoms with van der Waals surface area (Å²) in [5.41, 5.74) is -0.505. The van der Waals surface area contributed by atoms with Crippen LogP contribution >= 0.6 is 0 Å². The summed E-state index contributed by atoms with van der Waals surface area (Å²) in [5, 5.41) is 10.3. The first kappa shape index (κ1) is 17.4. The number of aliphatic hydroxyl groups excluding tert-OH is 1. The van der Waals surface area contributed by atoms with E-state index in [2.05, 4.69) is 13.8 Å². The topological polar surface area (TPSA) is 49.8 Å².